The Hall–Kier alpha value is -1.62. The van der Waals surface area contributed by atoms with E-state index in [2.05, 4.69) is 10.6 Å². The van der Waals surface area contributed by atoms with Crippen molar-refractivity contribution in [2.45, 2.75) is 39.3 Å². The standard InChI is InChI=1S/C14H21FN2O2/c1-4-7-16-14(19)10(3)17-9(2)12-6-5-11(18)8-13(12)15/h5-6,8-10,17-18H,4,7H2,1-3H3,(H,16,19). The summed E-state index contributed by atoms with van der Waals surface area (Å²) >= 11 is 0. The molecule has 0 saturated carbocycles. The van der Waals surface area contributed by atoms with Crippen LogP contribution in [0.25, 0.3) is 0 Å². The van der Waals surface area contributed by atoms with Crippen molar-refractivity contribution in [3.63, 3.8) is 0 Å². The second-order valence-electron chi connectivity index (χ2n) is 4.61. The maximum Gasteiger partial charge on any atom is 0.236 e. The monoisotopic (exact) mass is 268 g/mol. The molecule has 0 aromatic heterocycles. The molecular formula is C14H21FN2O2. The van der Waals surface area contributed by atoms with Gasteiger partial charge in [-0.05, 0) is 26.3 Å². The van der Waals surface area contributed by atoms with Gasteiger partial charge in [0.1, 0.15) is 11.6 Å². The van der Waals surface area contributed by atoms with Gasteiger partial charge in [-0.2, -0.15) is 0 Å². The molecule has 1 aromatic rings. The summed E-state index contributed by atoms with van der Waals surface area (Å²) in [5.74, 6) is -0.698. The van der Waals surface area contributed by atoms with E-state index in [0.717, 1.165) is 12.5 Å². The highest BCUT2D eigenvalue weighted by Crippen LogP contribution is 2.21. The zero-order valence-corrected chi connectivity index (χ0v) is 11.5. The molecule has 0 saturated heterocycles. The number of aromatic hydroxyl groups is 1. The lowest BCUT2D eigenvalue weighted by Gasteiger charge is -2.20. The number of nitrogens with one attached hydrogen (secondary N) is 2. The van der Waals surface area contributed by atoms with E-state index in [0.29, 0.717) is 12.1 Å². The van der Waals surface area contributed by atoms with Crippen molar-refractivity contribution >= 4 is 5.91 Å². The molecule has 0 aliphatic rings. The lowest BCUT2D eigenvalue weighted by Crippen LogP contribution is -2.43. The average Bonchev–Trinajstić information content (AvgIpc) is 2.35. The molecule has 0 radical (unpaired) electrons. The molecule has 0 aliphatic heterocycles. The first-order chi connectivity index (χ1) is 8.95. The summed E-state index contributed by atoms with van der Waals surface area (Å²) in [4.78, 5) is 11.7. The molecule has 2 atom stereocenters. The zero-order chi connectivity index (χ0) is 14.4. The highest BCUT2D eigenvalue weighted by Gasteiger charge is 2.18. The van der Waals surface area contributed by atoms with E-state index in [1.165, 1.54) is 12.1 Å². The maximum absolute atomic E-state index is 13.7. The number of carbonyl (C=O) groups is 1. The maximum atomic E-state index is 13.7. The quantitative estimate of drug-likeness (QED) is 0.740. The summed E-state index contributed by atoms with van der Waals surface area (Å²) in [6, 6.07) is 3.28. The second kappa shape index (κ2) is 7.09. The third-order valence-electron chi connectivity index (χ3n) is 2.89. The molecule has 4 nitrogen and oxygen atoms in total. The summed E-state index contributed by atoms with van der Waals surface area (Å²) in [5.41, 5.74) is 0.424. The number of hydrogen-bond acceptors (Lipinski definition) is 3. The minimum atomic E-state index is -0.485. The summed E-state index contributed by atoms with van der Waals surface area (Å²) < 4.78 is 13.7. The van der Waals surface area contributed by atoms with Gasteiger partial charge in [-0.15, -0.1) is 0 Å². The molecular weight excluding hydrogens is 247 g/mol. The van der Waals surface area contributed by atoms with E-state index in [4.69, 9.17) is 5.11 Å². The predicted octanol–water partition coefficient (Wildman–Crippen LogP) is 2.10. The van der Waals surface area contributed by atoms with Gasteiger partial charge in [0, 0.05) is 24.2 Å². The van der Waals surface area contributed by atoms with Crippen molar-refractivity contribution < 1.29 is 14.3 Å². The summed E-state index contributed by atoms with van der Waals surface area (Å²) in [6.45, 7) is 6.12. The number of hydrogen-bond donors (Lipinski definition) is 3. The van der Waals surface area contributed by atoms with Crippen LogP contribution in [0, 0.1) is 5.82 Å². The first-order valence-electron chi connectivity index (χ1n) is 6.47. The fourth-order valence-electron chi connectivity index (χ4n) is 1.81. The van der Waals surface area contributed by atoms with Crippen LogP contribution in [0.3, 0.4) is 0 Å². The lowest BCUT2D eigenvalue weighted by molar-refractivity contribution is -0.122. The fraction of sp³-hybridized carbons (Fsp3) is 0.500. The van der Waals surface area contributed by atoms with Crippen LogP contribution >= 0.6 is 0 Å². The fourth-order valence-corrected chi connectivity index (χ4v) is 1.81. The third-order valence-corrected chi connectivity index (χ3v) is 2.89. The number of carbonyl (C=O) groups excluding carboxylic acids is 1. The largest absolute Gasteiger partial charge is 0.508 e. The van der Waals surface area contributed by atoms with Crippen LogP contribution in [-0.4, -0.2) is 23.6 Å². The van der Waals surface area contributed by atoms with Crippen molar-refractivity contribution in [2.75, 3.05) is 6.54 Å². The Morgan fingerprint density at radius 2 is 2.11 bits per heavy atom. The Kier molecular flexibility index (Phi) is 5.76. The zero-order valence-electron chi connectivity index (χ0n) is 11.5. The van der Waals surface area contributed by atoms with Crippen LogP contribution in [0.4, 0.5) is 4.39 Å². The van der Waals surface area contributed by atoms with Gasteiger partial charge >= 0.3 is 0 Å². The highest BCUT2D eigenvalue weighted by atomic mass is 19.1. The van der Waals surface area contributed by atoms with E-state index in [1.807, 2.05) is 6.92 Å². The molecule has 19 heavy (non-hydrogen) atoms. The van der Waals surface area contributed by atoms with Gasteiger partial charge in [0.2, 0.25) is 5.91 Å². The molecule has 0 aliphatic carbocycles. The smallest absolute Gasteiger partial charge is 0.236 e. The first-order valence-corrected chi connectivity index (χ1v) is 6.47. The second-order valence-corrected chi connectivity index (χ2v) is 4.61. The van der Waals surface area contributed by atoms with Crippen molar-refractivity contribution in [3.05, 3.63) is 29.6 Å². The Balaban J connectivity index is 2.63. The van der Waals surface area contributed by atoms with E-state index in [1.54, 1.807) is 13.8 Å². The van der Waals surface area contributed by atoms with Crippen LogP contribution in [-0.2, 0) is 4.79 Å². The lowest BCUT2D eigenvalue weighted by atomic mass is 10.1. The summed E-state index contributed by atoms with van der Waals surface area (Å²) in [6.07, 6.45) is 0.876. The van der Waals surface area contributed by atoms with Crippen molar-refractivity contribution in [1.82, 2.24) is 10.6 Å². The van der Waals surface area contributed by atoms with E-state index >= 15 is 0 Å². The van der Waals surface area contributed by atoms with Crippen LogP contribution in [0.1, 0.15) is 38.8 Å². The molecule has 3 N–H and O–H groups in total. The highest BCUT2D eigenvalue weighted by molar-refractivity contribution is 5.81. The molecule has 106 valence electrons. The van der Waals surface area contributed by atoms with Gasteiger partial charge in [0.25, 0.3) is 0 Å². The minimum Gasteiger partial charge on any atom is -0.508 e. The molecule has 1 amide bonds. The average molecular weight is 268 g/mol. The molecule has 0 bridgehead atoms. The number of benzene rings is 1. The van der Waals surface area contributed by atoms with Crippen LogP contribution in [0.15, 0.2) is 18.2 Å². The SMILES string of the molecule is CCCNC(=O)C(C)NC(C)c1ccc(O)cc1F. The molecule has 0 heterocycles. The number of amides is 1. The van der Waals surface area contributed by atoms with E-state index in [9.17, 15) is 9.18 Å². The summed E-state index contributed by atoms with van der Waals surface area (Å²) in [7, 11) is 0. The molecule has 5 heteroatoms. The molecule has 1 rings (SSSR count). The normalized spacial score (nSPS) is 13.9. The number of phenolic OH excluding ortho intramolecular Hbond substituents is 1. The van der Waals surface area contributed by atoms with Crippen LogP contribution in [0.2, 0.25) is 0 Å². The third kappa shape index (κ3) is 4.52. The van der Waals surface area contributed by atoms with Gasteiger partial charge < -0.3 is 10.4 Å². The van der Waals surface area contributed by atoms with Crippen LogP contribution in [0.5, 0.6) is 5.75 Å². The molecule has 1 aromatic carbocycles. The van der Waals surface area contributed by atoms with Gasteiger partial charge in [-0.1, -0.05) is 13.0 Å². The summed E-state index contributed by atoms with van der Waals surface area (Å²) in [5, 5.41) is 15.0. The van der Waals surface area contributed by atoms with E-state index in [-0.39, 0.29) is 17.7 Å². The molecule has 0 spiro atoms. The number of halogens is 1. The number of phenols is 1. The van der Waals surface area contributed by atoms with Gasteiger partial charge in [-0.25, -0.2) is 4.39 Å². The topological polar surface area (TPSA) is 61.4 Å². The predicted molar refractivity (Wildman–Crippen MR) is 72.4 cm³/mol. The Morgan fingerprint density at radius 1 is 1.42 bits per heavy atom. The van der Waals surface area contributed by atoms with Gasteiger partial charge in [-0.3, -0.25) is 10.1 Å². The number of rotatable bonds is 6. The van der Waals surface area contributed by atoms with Crippen LogP contribution < -0.4 is 10.6 Å². The van der Waals surface area contributed by atoms with Gasteiger partial charge in [0.05, 0.1) is 6.04 Å². The van der Waals surface area contributed by atoms with Crippen molar-refractivity contribution in [2.24, 2.45) is 0 Å². The molecule has 2 unspecified atom stereocenters. The van der Waals surface area contributed by atoms with Crippen molar-refractivity contribution in [3.8, 4) is 5.75 Å². The Labute approximate surface area is 113 Å². The Bertz CT molecular complexity index is 437. The van der Waals surface area contributed by atoms with Gasteiger partial charge in [0.15, 0.2) is 0 Å². The minimum absolute atomic E-state index is 0.104. The first kappa shape index (κ1) is 15.4. The molecule has 0 fully saturated rings. The van der Waals surface area contributed by atoms with Crippen molar-refractivity contribution in [1.29, 1.82) is 0 Å². The Morgan fingerprint density at radius 3 is 2.68 bits per heavy atom. The van der Waals surface area contributed by atoms with E-state index < -0.39 is 11.9 Å².